The molecule has 2 aromatic carbocycles. The number of benzene rings is 2. The summed E-state index contributed by atoms with van der Waals surface area (Å²) in [6.07, 6.45) is 0. The molecule has 0 aliphatic rings. The van der Waals surface area contributed by atoms with Crippen molar-refractivity contribution in [3.05, 3.63) is 52.8 Å². The van der Waals surface area contributed by atoms with Crippen molar-refractivity contribution in [1.29, 1.82) is 0 Å². The molecule has 5 nitrogen and oxygen atoms in total. The van der Waals surface area contributed by atoms with Crippen LogP contribution in [-0.2, 0) is 6.54 Å². The molecular weight excluding hydrogens is 448 g/mol. The molecule has 0 atom stereocenters. The lowest BCUT2D eigenvalue weighted by atomic mass is 10.2. The number of nitrogens with one attached hydrogen (secondary N) is 1. The Balaban J connectivity index is 0.00000288. The van der Waals surface area contributed by atoms with Gasteiger partial charge in [0.25, 0.3) is 0 Å². The van der Waals surface area contributed by atoms with Crippen molar-refractivity contribution in [3.8, 4) is 11.5 Å². The molecule has 0 fully saturated rings. The van der Waals surface area contributed by atoms with E-state index in [0.717, 1.165) is 5.56 Å². The summed E-state index contributed by atoms with van der Waals surface area (Å²) in [5.41, 5.74) is 7.31. The Kier molecular flexibility index (Phi) is 8.06. The second-order valence-electron chi connectivity index (χ2n) is 4.64. The Morgan fingerprint density at radius 1 is 1.17 bits per heavy atom. The summed E-state index contributed by atoms with van der Waals surface area (Å²) in [5.74, 6) is 0.957. The standard InChI is InChI=1S/C16H17ClFN3O2.HI/c1-22-14-6-4-11(8-15(14)23-2)21-16(19)20-9-10-3-5-13(18)12(17)7-10;/h3-8H,9H2,1-2H3,(H3,19,20,21);1H. The number of hydrogen-bond donors (Lipinski definition) is 2. The van der Waals surface area contributed by atoms with Gasteiger partial charge in [0.2, 0.25) is 0 Å². The van der Waals surface area contributed by atoms with Crippen LogP contribution in [0.15, 0.2) is 41.4 Å². The van der Waals surface area contributed by atoms with Crippen LogP contribution in [-0.4, -0.2) is 20.2 Å². The second kappa shape index (κ2) is 9.53. The van der Waals surface area contributed by atoms with Crippen LogP contribution >= 0.6 is 35.6 Å². The SMILES string of the molecule is COc1ccc(NC(N)=NCc2ccc(F)c(Cl)c2)cc1OC.I. The minimum Gasteiger partial charge on any atom is -0.493 e. The number of hydrogen-bond acceptors (Lipinski definition) is 3. The van der Waals surface area contributed by atoms with Crippen LogP contribution < -0.4 is 20.5 Å². The first-order valence-corrected chi connectivity index (χ1v) is 7.14. The zero-order valence-electron chi connectivity index (χ0n) is 13.2. The van der Waals surface area contributed by atoms with Crippen LogP contribution in [0.1, 0.15) is 5.56 Å². The summed E-state index contributed by atoms with van der Waals surface area (Å²) in [6.45, 7) is 0.284. The maximum atomic E-state index is 13.1. The largest absolute Gasteiger partial charge is 0.493 e. The van der Waals surface area contributed by atoms with Crippen molar-refractivity contribution in [2.24, 2.45) is 10.7 Å². The molecule has 0 heterocycles. The van der Waals surface area contributed by atoms with Crippen LogP contribution in [0.5, 0.6) is 11.5 Å². The van der Waals surface area contributed by atoms with Crippen LogP contribution in [0.25, 0.3) is 0 Å². The van der Waals surface area contributed by atoms with Crippen LogP contribution in [0.3, 0.4) is 0 Å². The quantitative estimate of drug-likeness (QED) is 0.397. The molecule has 0 aromatic heterocycles. The number of guanidine groups is 1. The summed E-state index contributed by atoms with van der Waals surface area (Å²) in [7, 11) is 3.12. The van der Waals surface area contributed by atoms with E-state index in [-0.39, 0.29) is 41.5 Å². The molecule has 0 unspecified atom stereocenters. The van der Waals surface area contributed by atoms with Crippen molar-refractivity contribution in [2.75, 3.05) is 19.5 Å². The van der Waals surface area contributed by atoms with Gasteiger partial charge in [0, 0.05) is 11.8 Å². The fraction of sp³-hybridized carbons (Fsp3) is 0.188. The third-order valence-electron chi connectivity index (χ3n) is 3.07. The number of nitrogens with two attached hydrogens (primary N) is 1. The molecule has 3 N–H and O–H groups in total. The number of aliphatic imine (C=N–C) groups is 1. The maximum absolute atomic E-state index is 13.1. The Hall–Kier alpha value is -1.74. The minimum atomic E-state index is -0.462. The lowest BCUT2D eigenvalue weighted by molar-refractivity contribution is 0.355. The van der Waals surface area contributed by atoms with E-state index in [1.807, 2.05) is 0 Å². The number of halogens is 3. The van der Waals surface area contributed by atoms with E-state index in [1.165, 1.54) is 12.1 Å². The average molecular weight is 466 g/mol. The summed E-state index contributed by atoms with van der Waals surface area (Å²) >= 11 is 5.72. The first kappa shape index (κ1) is 20.3. The predicted molar refractivity (Wildman–Crippen MR) is 105 cm³/mol. The molecule has 0 bridgehead atoms. The van der Waals surface area contributed by atoms with E-state index >= 15 is 0 Å². The number of methoxy groups -OCH3 is 2. The molecular formula is C16H18ClFIN3O2. The second-order valence-corrected chi connectivity index (χ2v) is 5.05. The first-order chi connectivity index (χ1) is 11.0. The van der Waals surface area contributed by atoms with E-state index in [2.05, 4.69) is 10.3 Å². The molecule has 0 aliphatic carbocycles. The van der Waals surface area contributed by atoms with Crippen LogP contribution in [0, 0.1) is 5.82 Å². The molecule has 0 saturated carbocycles. The van der Waals surface area contributed by atoms with E-state index in [4.69, 9.17) is 26.8 Å². The summed E-state index contributed by atoms with van der Waals surface area (Å²) in [6, 6.07) is 9.71. The van der Waals surface area contributed by atoms with Gasteiger partial charge in [-0.15, -0.1) is 24.0 Å². The van der Waals surface area contributed by atoms with Gasteiger partial charge >= 0.3 is 0 Å². The predicted octanol–water partition coefficient (Wildman–Crippen LogP) is 4.04. The van der Waals surface area contributed by atoms with Gasteiger partial charge in [-0.25, -0.2) is 9.38 Å². The number of ether oxygens (including phenoxy) is 2. The number of anilines is 1. The fourth-order valence-electron chi connectivity index (χ4n) is 1.92. The van der Waals surface area contributed by atoms with Gasteiger partial charge in [0.1, 0.15) is 5.82 Å². The monoisotopic (exact) mass is 465 g/mol. The van der Waals surface area contributed by atoms with Crippen molar-refractivity contribution in [3.63, 3.8) is 0 Å². The first-order valence-electron chi connectivity index (χ1n) is 6.76. The van der Waals surface area contributed by atoms with Gasteiger partial charge in [-0.05, 0) is 29.8 Å². The molecule has 0 spiro atoms. The van der Waals surface area contributed by atoms with Crippen LogP contribution in [0.2, 0.25) is 5.02 Å². The van der Waals surface area contributed by atoms with Gasteiger partial charge in [0.15, 0.2) is 17.5 Å². The normalized spacial score (nSPS) is 10.8. The highest BCUT2D eigenvalue weighted by Crippen LogP contribution is 2.29. The smallest absolute Gasteiger partial charge is 0.193 e. The lowest BCUT2D eigenvalue weighted by Crippen LogP contribution is -2.22. The Morgan fingerprint density at radius 2 is 1.88 bits per heavy atom. The van der Waals surface area contributed by atoms with E-state index < -0.39 is 5.82 Å². The molecule has 24 heavy (non-hydrogen) atoms. The highest BCUT2D eigenvalue weighted by Gasteiger charge is 2.05. The van der Waals surface area contributed by atoms with E-state index in [0.29, 0.717) is 17.2 Å². The zero-order valence-corrected chi connectivity index (χ0v) is 16.3. The van der Waals surface area contributed by atoms with E-state index in [9.17, 15) is 4.39 Å². The van der Waals surface area contributed by atoms with Gasteiger partial charge < -0.3 is 20.5 Å². The lowest BCUT2D eigenvalue weighted by Gasteiger charge is -2.11. The molecule has 130 valence electrons. The minimum absolute atomic E-state index is 0. The van der Waals surface area contributed by atoms with Crippen molar-refractivity contribution < 1.29 is 13.9 Å². The van der Waals surface area contributed by atoms with Crippen molar-refractivity contribution in [1.82, 2.24) is 0 Å². The molecule has 8 heteroatoms. The van der Waals surface area contributed by atoms with E-state index in [1.54, 1.807) is 38.5 Å². The Morgan fingerprint density at radius 3 is 2.50 bits per heavy atom. The van der Waals surface area contributed by atoms with Gasteiger partial charge in [-0.2, -0.15) is 0 Å². The van der Waals surface area contributed by atoms with Gasteiger partial charge in [-0.3, -0.25) is 0 Å². The molecule has 0 radical (unpaired) electrons. The summed E-state index contributed by atoms with van der Waals surface area (Å²) < 4.78 is 23.5. The molecule has 2 rings (SSSR count). The Labute approximate surface area is 162 Å². The molecule has 0 saturated heterocycles. The molecule has 0 aliphatic heterocycles. The number of rotatable bonds is 5. The third-order valence-corrected chi connectivity index (χ3v) is 3.36. The van der Waals surface area contributed by atoms with Gasteiger partial charge in [-0.1, -0.05) is 17.7 Å². The maximum Gasteiger partial charge on any atom is 0.193 e. The zero-order chi connectivity index (χ0) is 16.8. The number of nitrogens with zero attached hydrogens (tertiary/aromatic N) is 1. The third kappa shape index (κ3) is 5.41. The van der Waals surface area contributed by atoms with Crippen molar-refractivity contribution >= 4 is 47.2 Å². The Bertz CT molecular complexity index is 728. The van der Waals surface area contributed by atoms with Crippen molar-refractivity contribution in [2.45, 2.75) is 6.54 Å². The highest BCUT2D eigenvalue weighted by atomic mass is 127. The fourth-order valence-corrected chi connectivity index (χ4v) is 2.12. The average Bonchev–Trinajstić information content (AvgIpc) is 2.55. The summed E-state index contributed by atoms with van der Waals surface area (Å²) in [4.78, 5) is 4.19. The highest BCUT2D eigenvalue weighted by molar-refractivity contribution is 14.0. The summed E-state index contributed by atoms with van der Waals surface area (Å²) in [5, 5.41) is 3.01. The topological polar surface area (TPSA) is 68.9 Å². The van der Waals surface area contributed by atoms with Gasteiger partial charge in [0.05, 0.1) is 25.8 Å². The van der Waals surface area contributed by atoms with Crippen LogP contribution in [0.4, 0.5) is 10.1 Å². The molecule has 0 amide bonds. The molecule has 2 aromatic rings.